The number of hydrogen-bond donors (Lipinski definition) is 1. The van der Waals surface area contributed by atoms with Crippen molar-refractivity contribution in [2.75, 3.05) is 6.61 Å². The summed E-state index contributed by atoms with van der Waals surface area (Å²) in [7, 11) is 0. The van der Waals surface area contributed by atoms with Gasteiger partial charge in [-0.3, -0.25) is 14.9 Å². The van der Waals surface area contributed by atoms with Crippen LogP contribution in [0.4, 0.5) is 5.69 Å². The molecule has 1 N–H and O–H groups in total. The van der Waals surface area contributed by atoms with E-state index < -0.39 is 16.9 Å². The number of rotatable bonds is 4. The van der Waals surface area contributed by atoms with Crippen LogP contribution in [0.2, 0.25) is 0 Å². The predicted molar refractivity (Wildman–Crippen MR) is 103 cm³/mol. The molecule has 140 valence electrons. The molecule has 1 heterocycles. The zero-order valence-corrected chi connectivity index (χ0v) is 14.6. The summed E-state index contributed by atoms with van der Waals surface area (Å²) in [6.45, 7) is 0.0399. The smallest absolute Gasteiger partial charge is 0.284 e. The van der Waals surface area contributed by atoms with Crippen molar-refractivity contribution in [2.24, 2.45) is 5.10 Å². The molecule has 1 amide bonds. The highest BCUT2D eigenvalue weighted by Gasteiger charge is 2.27. The molecule has 8 nitrogen and oxygen atoms in total. The molecule has 0 aliphatic carbocycles. The summed E-state index contributed by atoms with van der Waals surface area (Å²) in [5.41, 5.74) is 2.52. The van der Waals surface area contributed by atoms with Crippen molar-refractivity contribution in [1.29, 1.82) is 0 Å². The van der Waals surface area contributed by atoms with Crippen molar-refractivity contribution in [1.82, 2.24) is 5.43 Å². The van der Waals surface area contributed by atoms with Gasteiger partial charge in [0.25, 0.3) is 11.6 Å². The second-order valence-corrected chi connectivity index (χ2v) is 6.11. The number of ether oxygens (including phenoxy) is 2. The van der Waals surface area contributed by atoms with E-state index in [1.165, 1.54) is 18.3 Å². The molecule has 0 fully saturated rings. The molecule has 1 aliphatic heterocycles. The minimum atomic E-state index is -0.878. The molecule has 3 aromatic rings. The van der Waals surface area contributed by atoms with E-state index in [1.807, 2.05) is 36.4 Å². The molecule has 0 saturated heterocycles. The third-order valence-electron chi connectivity index (χ3n) is 4.28. The van der Waals surface area contributed by atoms with E-state index in [0.717, 1.165) is 10.8 Å². The highest BCUT2D eigenvalue weighted by atomic mass is 16.6. The molecule has 8 heteroatoms. The van der Waals surface area contributed by atoms with Gasteiger partial charge in [0.15, 0.2) is 11.5 Å². The summed E-state index contributed by atoms with van der Waals surface area (Å²) in [6, 6.07) is 17.6. The van der Waals surface area contributed by atoms with Crippen LogP contribution in [0.3, 0.4) is 0 Å². The molecule has 3 aromatic carbocycles. The molecule has 1 atom stereocenters. The number of carbonyl (C=O) groups is 1. The number of hydrogen-bond acceptors (Lipinski definition) is 6. The number of nitrogens with zero attached hydrogens (tertiary/aromatic N) is 2. The summed E-state index contributed by atoms with van der Waals surface area (Å²) >= 11 is 0. The molecule has 4 rings (SSSR count). The number of hydrazone groups is 1. The lowest BCUT2D eigenvalue weighted by Gasteiger charge is -2.25. The molecule has 28 heavy (non-hydrogen) atoms. The lowest BCUT2D eigenvalue weighted by atomic mass is 10.1. The van der Waals surface area contributed by atoms with Gasteiger partial charge in [0.05, 0.1) is 16.7 Å². The van der Waals surface area contributed by atoms with E-state index in [2.05, 4.69) is 10.5 Å². The van der Waals surface area contributed by atoms with Crippen LogP contribution in [-0.4, -0.2) is 29.8 Å². The molecule has 1 aliphatic rings. The van der Waals surface area contributed by atoms with Gasteiger partial charge in [0.1, 0.15) is 6.61 Å². The quantitative estimate of drug-likeness (QED) is 0.428. The normalized spacial score (nSPS) is 15.5. The molecule has 0 saturated carbocycles. The molecular weight excluding hydrogens is 362 g/mol. The predicted octanol–water partition coefficient (Wildman–Crippen LogP) is 3.04. The first-order valence-corrected chi connectivity index (χ1v) is 8.50. The van der Waals surface area contributed by atoms with Gasteiger partial charge < -0.3 is 9.47 Å². The average molecular weight is 377 g/mol. The van der Waals surface area contributed by atoms with Gasteiger partial charge in [0, 0.05) is 6.07 Å². The number of benzene rings is 3. The lowest BCUT2D eigenvalue weighted by Crippen LogP contribution is -2.42. The Kier molecular flexibility index (Phi) is 4.59. The fourth-order valence-electron chi connectivity index (χ4n) is 2.89. The van der Waals surface area contributed by atoms with Gasteiger partial charge in [0.2, 0.25) is 6.10 Å². The Labute approximate surface area is 159 Å². The van der Waals surface area contributed by atoms with E-state index in [1.54, 1.807) is 12.1 Å². The summed E-state index contributed by atoms with van der Waals surface area (Å²) in [4.78, 5) is 22.8. The summed E-state index contributed by atoms with van der Waals surface area (Å²) in [6.07, 6.45) is 0.345. The van der Waals surface area contributed by atoms with E-state index >= 15 is 0 Å². The number of fused-ring (bicyclic) bond motifs is 2. The summed E-state index contributed by atoms with van der Waals surface area (Å²) in [5, 5.41) is 16.8. The molecule has 0 aromatic heterocycles. The van der Waals surface area contributed by atoms with E-state index in [0.29, 0.717) is 11.5 Å². The van der Waals surface area contributed by atoms with E-state index in [9.17, 15) is 14.9 Å². The Morgan fingerprint density at radius 3 is 2.54 bits per heavy atom. The largest absolute Gasteiger partial charge is 0.485 e. The van der Waals surface area contributed by atoms with Crippen LogP contribution in [-0.2, 0) is 4.79 Å². The second kappa shape index (κ2) is 7.36. The zero-order valence-electron chi connectivity index (χ0n) is 14.6. The topological polar surface area (TPSA) is 103 Å². The first kappa shape index (κ1) is 17.5. The minimum absolute atomic E-state index is 0.0399. The zero-order chi connectivity index (χ0) is 19.5. The average Bonchev–Trinajstić information content (AvgIpc) is 2.72. The van der Waals surface area contributed by atoms with Crippen molar-refractivity contribution in [3.63, 3.8) is 0 Å². The maximum atomic E-state index is 12.3. The van der Waals surface area contributed by atoms with Crippen LogP contribution in [0.5, 0.6) is 11.5 Å². The van der Waals surface area contributed by atoms with Crippen LogP contribution >= 0.6 is 0 Å². The summed E-state index contributed by atoms with van der Waals surface area (Å²) in [5.74, 6) is 0.549. The highest BCUT2D eigenvalue weighted by molar-refractivity contribution is 5.89. The van der Waals surface area contributed by atoms with Gasteiger partial charge in [-0.2, -0.15) is 5.10 Å². The van der Waals surface area contributed by atoms with Crippen LogP contribution in [0.1, 0.15) is 5.56 Å². The third-order valence-corrected chi connectivity index (χ3v) is 4.28. The first-order valence-electron chi connectivity index (χ1n) is 8.50. The Morgan fingerprint density at radius 2 is 1.79 bits per heavy atom. The number of carbonyl (C=O) groups excluding carboxylic acids is 1. The van der Waals surface area contributed by atoms with Gasteiger partial charge in [-0.15, -0.1) is 0 Å². The Balaban J connectivity index is 1.45. The van der Waals surface area contributed by atoms with Gasteiger partial charge in [-0.25, -0.2) is 5.43 Å². The Hall–Kier alpha value is -3.94. The van der Waals surface area contributed by atoms with Crippen molar-refractivity contribution in [3.8, 4) is 11.5 Å². The number of nitro benzene ring substituents is 1. The summed E-state index contributed by atoms with van der Waals surface area (Å²) < 4.78 is 11.4. The maximum Gasteiger partial charge on any atom is 0.284 e. The van der Waals surface area contributed by atoms with Crippen LogP contribution in [0.15, 0.2) is 65.8 Å². The van der Waals surface area contributed by atoms with Crippen molar-refractivity contribution in [3.05, 3.63) is 76.3 Å². The van der Waals surface area contributed by atoms with E-state index in [4.69, 9.17) is 9.47 Å². The van der Waals surface area contributed by atoms with Crippen LogP contribution < -0.4 is 14.9 Å². The molecule has 0 spiro atoms. The van der Waals surface area contributed by atoms with Crippen LogP contribution in [0, 0.1) is 10.1 Å². The Bertz CT molecular complexity index is 1100. The van der Waals surface area contributed by atoms with Crippen LogP contribution in [0.25, 0.3) is 10.8 Å². The Morgan fingerprint density at radius 1 is 1.11 bits per heavy atom. The highest BCUT2D eigenvalue weighted by Crippen LogP contribution is 2.35. The van der Waals surface area contributed by atoms with E-state index in [-0.39, 0.29) is 17.9 Å². The minimum Gasteiger partial charge on any atom is -0.485 e. The van der Waals surface area contributed by atoms with Crippen molar-refractivity contribution >= 4 is 28.6 Å². The molecule has 0 bridgehead atoms. The van der Waals surface area contributed by atoms with Gasteiger partial charge in [-0.1, -0.05) is 36.4 Å². The number of amides is 1. The second-order valence-electron chi connectivity index (χ2n) is 6.11. The molecular formula is C20H15N3O5. The maximum absolute atomic E-state index is 12.3. The number of nitro groups is 1. The molecule has 1 unspecified atom stereocenters. The van der Waals surface area contributed by atoms with Gasteiger partial charge in [-0.05, 0) is 29.0 Å². The first-order chi connectivity index (χ1) is 13.6. The number of nitrogens with one attached hydrogen (secondary N) is 1. The monoisotopic (exact) mass is 377 g/mol. The SMILES string of the molecule is O=C(N/N=C\c1ccccc1[N+](=O)[O-])C1COc2cc3ccccc3cc2O1. The van der Waals surface area contributed by atoms with Crippen molar-refractivity contribution in [2.45, 2.75) is 6.10 Å². The molecule has 0 radical (unpaired) electrons. The fraction of sp³-hybridized carbons (Fsp3) is 0.100. The lowest BCUT2D eigenvalue weighted by molar-refractivity contribution is -0.385. The standard InChI is InChI=1S/C20H15N3O5/c24-20(22-21-11-15-7-3-4-8-16(15)23(25)26)19-12-27-17-9-13-5-1-2-6-14(13)10-18(17)28-19/h1-11,19H,12H2,(H,22,24)/b21-11-. The third kappa shape index (κ3) is 3.48. The van der Waals surface area contributed by atoms with Crippen molar-refractivity contribution < 1.29 is 19.2 Å². The fourth-order valence-corrected chi connectivity index (χ4v) is 2.89. The number of para-hydroxylation sites is 1. The van der Waals surface area contributed by atoms with Gasteiger partial charge >= 0.3 is 0 Å².